The molecule has 5 heteroatoms. The minimum Gasteiger partial charge on any atom is -0.473 e. The van der Waals surface area contributed by atoms with E-state index in [9.17, 15) is 10.2 Å². The van der Waals surface area contributed by atoms with Gasteiger partial charge in [-0.1, -0.05) is 54.1 Å². The molecule has 2 N–H and O–H groups in total. The summed E-state index contributed by atoms with van der Waals surface area (Å²) < 4.78 is 6.01. The Balaban J connectivity index is 1.32. The van der Waals surface area contributed by atoms with E-state index >= 15 is 0 Å². The van der Waals surface area contributed by atoms with Gasteiger partial charge in [-0.3, -0.25) is 0 Å². The van der Waals surface area contributed by atoms with Gasteiger partial charge in [0.15, 0.2) is 0 Å². The molecule has 1 aromatic heterocycles. The lowest BCUT2D eigenvalue weighted by Crippen LogP contribution is -2.25. The molecule has 4 nitrogen and oxygen atoms in total. The van der Waals surface area contributed by atoms with Crippen LogP contribution in [-0.2, 0) is 13.0 Å². The first kappa shape index (κ1) is 23.7. The van der Waals surface area contributed by atoms with Gasteiger partial charge in [-0.15, -0.1) is 0 Å². The first-order valence-electron chi connectivity index (χ1n) is 11.8. The summed E-state index contributed by atoms with van der Waals surface area (Å²) in [6.45, 7) is 1.99. The summed E-state index contributed by atoms with van der Waals surface area (Å²) in [7, 11) is 0. The minimum absolute atomic E-state index is 0.0188. The Labute approximate surface area is 201 Å². The Morgan fingerprint density at radius 3 is 2.55 bits per heavy atom. The van der Waals surface area contributed by atoms with Crippen molar-refractivity contribution in [3.05, 3.63) is 93.6 Å². The summed E-state index contributed by atoms with van der Waals surface area (Å²) in [5, 5.41) is 21.4. The largest absolute Gasteiger partial charge is 0.473 e. The third-order valence-corrected chi connectivity index (χ3v) is 7.11. The molecule has 3 aromatic rings. The van der Waals surface area contributed by atoms with Crippen molar-refractivity contribution in [2.24, 2.45) is 5.92 Å². The lowest BCUT2D eigenvalue weighted by molar-refractivity contribution is 0.123. The quantitative estimate of drug-likeness (QED) is 0.416. The number of ether oxygens (including phenoxy) is 1. The fraction of sp³-hybridized carbons (Fsp3) is 0.393. The van der Waals surface area contributed by atoms with Crippen LogP contribution in [0, 0.1) is 12.8 Å². The van der Waals surface area contributed by atoms with Crippen LogP contribution in [0.15, 0.2) is 60.8 Å². The van der Waals surface area contributed by atoms with Gasteiger partial charge >= 0.3 is 0 Å². The Morgan fingerprint density at radius 2 is 1.82 bits per heavy atom. The molecular weight excluding hydrogens is 434 g/mol. The number of aryl methyl sites for hydroxylation is 2. The monoisotopic (exact) mass is 465 g/mol. The molecule has 0 saturated heterocycles. The average molecular weight is 466 g/mol. The van der Waals surface area contributed by atoms with Crippen molar-refractivity contribution in [3.8, 4) is 5.88 Å². The summed E-state index contributed by atoms with van der Waals surface area (Å²) in [5.41, 5.74) is 4.85. The van der Waals surface area contributed by atoms with E-state index in [2.05, 4.69) is 11.1 Å². The standard InChI is InChI=1S/C28H32ClNO3/c1-19-5-2-3-6-25(19)27(32)22-13-12-21(23(17-22)18-31)11-8-20-9-14-24(15-10-20)33-28-26(29)7-4-16-30-28/h2-7,12-13,16-17,20,24,27,31-32H,8-11,14-15,18H2,1H3. The molecule has 33 heavy (non-hydrogen) atoms. The topological polar surface area (TPSA) is 62.6 Å². The number of pyridine rings is 1. The molecule has 0 spiro atoms. The van der Waals surface area contributed by atoms with Crippen LogP contribution in [0.2, 0.25) is 5.02 Å². The highest BCUT2D eigenvalue weighted by atomic mass is 35.5. The Morgan fingerprint density at radius 1 is 1.03 bits per heavy atom. The molecule has 1 aliphatic carbocycles. The lowest BCUT2D eigenvalue weighted by atomic mass is 9.83. The molecule has 4 rings (SSSR count). The van der Waals surface area contributed by atoms with E-state index < -0.39 is 6.10 Å². The molecule has 174 valence electrons. The second kappa shape index (κ2) is 11.1. The molecule has 1 saturated carbocycles. The van der Waals surface area contributed by atoms with Gasteiger partial charge < -0.3 is 14.9 Å². The van der Waals surface area contributed by atoms with Crippen LogP contribution >= 0.6 is 11.6 Å². The molecule has 0 amide bonds. The zero-order valence-electron chi connectivity index (χ0n) is 19.1. The molecule has 0 radical (unpaired) electrons. The van der Waals surface area contributed by atoms with Gasteiger partial charge in [0.05, 0.1) is 6.61 Å². The molecular formula is C28H32ClNO3. The number of nitrogens with zero attached hydrogens (tertiary/aromatic N) is 1. The number of benzene rings is 2. The Bertz CT molecular complexity index is 1060. The van der Waals surface area contributed by atoms with Gasteiger partial charge in [0.1, 0.15) is 17.2 Å². The highest BCUT2D eigenvalue weighted by Crippen LogP contribution is 2.33. The molecule has 1 unspecified atom stereocenters. The van der Waals surface area contributed by atoms with Crippen LogP contribution in [0.4, 0.5) is 0 Å². The first-order chi connectivity index (χ1) is 16.0. The molecule has 1 atom stereocenters. The summed E-state index contributed by atoms with van der Waals surface area (Å²) in [4.78, 5) is 4.23. The summed E-state index contributed by atoms with van der Waals surface area (Å²) in [6.07, 6.45) is 7.45. The highest BCUT2D eigenvalue weighted by molar-refractivity contribution is 6.31. The zero-order chi connectivity index (χ0) is 23.2. The smallest absolute Gasteiger partial charge is 0.232 e. The minimum atomic E-state index is -0.687. The van der Waals surface area contributed by atoms with Crippen LogP contribution in [0.25, 0.3) is 0 Å². The summed E-state index contributed by atoms with van der Waals surface area (Å²) in [5.74, 6) is 1.18. The van der Waals surface area contributed by atoms with Crippen LogP contribution < -0.4 is 4.74 Å². The third kappa shape index (κ3) is 5.94. The fourth-order valence-electron chi connectivity index (χ4n) is 4.79. The predicted octanol–water partition coefficient (Wildman–Crippen LogP) is 6.19. The number of halogens is 1. The molecule has 0 bridgehead atoms. The average Bonchev–Trinajstić information content (AvgIpc) is 2.85. The van der Waals surface area contributed by atoms with Crippen molar-refractivity contribution in [1.82, 2.24) is 4.98 Å². The zero-order valence-corrected chi connectivity index (χ0v) is 19.8. The van der Waals surface area contributed by atoms with Crippen molar-refractivity contribution < 1.29 is 14.9 Å². The van der Waals surface area contributed by atoms with Gasteiger partial charge in [-0.2, -0.15) is 0 Å². The third-order valence-electron chi connectivity index (χ3n) is 6.82. The maximum Gasteiger partial charge on any atom is 0.232 e. The van der Waals surface area contributed by atoms with Gasteiger partial charge in [-0.25, -0.2) is 4.98 Å². The van der Waals surface area contributed by atoms with E-state index in [0.29, 0.717) is 16.8 Å². The van der Waals surface area contributed by atoms with Crippen LogP contribution in [0.1, 0.15) is 66.0 Å². The SMILES string of the molecule is Cc1ccccc1C(O)c1ccc(CCC2CCC(Oc3ncccc3Cl)CC2)c(CO)c1. The second-order valence-corrected chi connectivity index (χ2v) is 9.44. The number of rotatable bonds is 8. The van der Waals surface area contributed by atoms with Crippen LogP contribution in [0.5, 0.6) is 5.88 Å². The van der Waals surface area contributed by atoms with E-state index in [1.165, 1.54) is 0 Å². The van der Waals surface area contributed by atoms with Crippen LogP contribution in [-0.4, -0.2) is 21.3 Å². The normalized spacial score (nSPS) is 19.3. The summed E-state index contributed by atoms with van der Waals surface area (Å²) in [6, 6.07) is 17.5. The molecule has 2 aromatic carbocycles. The molecule has 1 heterocycles. The van der Waals surface area contributed by atoms with Crippen LogP contribution in [0.3, 0.4) is 0 Å². The van der Waals surface area contributed by atoms with E-state index in [4.69, 9.17) is 16.3 Å². The number of aliphatic hydroxyl groups excluding tert-OH is 2. The van der Waals surface area contributed by atoms with Gasteiger partial charge in [0.25, 0.3) is 0 Å². The molecule has 1 fully saturated rings. The number of hydrogen-bond donors (Lipinski definition) is 2. The summed E-state index contributed by atoms with van der Waals surface area (Å²) >= 11 is 6.17. The number of hydrogen-bond acceptors (Lipinski definition) is 4. The van der Waals surface area contributed by atoms with Crippen molar-refractivity contribution >= 4 is 11.6 Å². The lowest BCUT2D eigenvalue weighted by Gasteiger charge is -2.29. The van der Waals surface area contributed by atoms with Crippen molar-refractivity contribution in [1.29, 1.82) is 0 Å². The van der Waals surface area contributed by atoms with E-state index in [0.717, 1.165) is 66.3 Å². The van der Waals surface area contributed by atoms with Gasteiger partial charge in [-0.05, 0) is 91.3 Å². The van der Waals surface area contributed by atoms with E-state index in [1.54, 1.807) is 12.3 Å². The fourth-order valence-corrected chi connectivity index (χ4v) is 4.96. The Hall–Kier alpha value is -2.40. The highest BCUT2D eigenvalue weighted by Gasteiger charge is 2.23. The number of aromatic nitrogens is 1. The van der Waals surface area contributed by atoms with Crippen molar-refractivity contribution in [3.63, 3.8) is 0 Å². The maximum atomic E-state index is 10.9. The van der Waals surface area contributed by atoms with E-state index in [1.807, 2.05) is 49.4 Å². The second-order valence-electron chi connectivity index (χ2n) is 9.04. The van der Waals surface area contributed by atoms with Gasteiger partial charge in [0.2, 0.25) is 5.88 Å². The van der Waals surface area contributed by atoms with Crippen molar-refractivity contribution in [2.75, 3.05) is 0 Å². The van der Waals surface area contributed by atoms with Crippen molar-refractivity contribution in [2.45, 2.75) is 64.3 Å². The first-order valence-corrected chi connectivity index (χ1v) is 12.2. The maximum absolute atomic E-state index is 10.9. The van der Waals surface area contributed by atoms with E-state index in [-0.39, 0.29) is 12.7 Å². The van der Waals surface area contributed by atoms with Gasteiger partial charge in [0, 0.05) is 6.20 Å². The Kier molecular flexibility index (Phi) is 8.02. The molecule has 1 aliphatic rings. The number of aliphatic hydroxyl groups is 2. The predicted molar refractivity (Wildman–Crippen MR) is 132 cm³/mol. The molecule has 0 aliphatic heterocycles.